The van der Waals surface area contributed by atoms with Gasteiger partial charge in [0.25, 0.3) is 0 Å². The van der Waals surface area contributed by atoms with Gasteiger partial charge < -0.3 is 10.4 Å². The topological polar surface area (TPSA) is 95.8 Å². The number of aryl methyl sites for hydroxylation is 3. The second-order valence-corrected chi connectivity index (χ2v) is 4.85. The normalized spacial score (nSPS) is 11.1. The zero-order chi connectivity index (χ0) is 16.2. The van der Waals surface area contributed by atoms with Crippen LogP contribution in [0.5, 0.6) is 0 Å². The third-order valence-corrected chi connectivity index (χ3v) is 2.86. The first kappa shape index (κ1) is 16.6. The number of hydrogen-bond donors (Lipinski definition) is 2. The lowest BCUT2D eigenvalue weighted by atomic mass is 10.1. The van der Waals surface area contributed by atoms with Gasteiger partial charge in [0.1, 0.15) is 6.54 Å². The third-order valence-electron chi connectivity index (χ3n) is 2.86. The maximum atomic E-state index is 11.8. The van der Waals surface area contributed by atoms with Gasteiger partial charge in [0, 0.05) is 12.6 Å². The molecule has 0 radical (unpaired) electrons. The van der Waals surface area contributed by atoms with Crippen LogP contribution >= 0.6 is 0 Å². The van der Waals surface area contributed by atoms with Crippen LogP contribution in [0.15, 0.2) is 17.1 Å². The van der Waals surface area contributed by atoms with E-state index in [0.717, 1.165) is 23.6 Å². The van der Waals surface area contributed by atoms with Gasteiger partial charge in [-0.05, 0) is 31.9 Å². The van der Waals surface area contributed by atoms with Crippen molar-refractivity contribution in [1.29, 1.82) is 0 Å². The highest BCUT2D eigenvalue weighted by Crippen LogP contribution is 2.21. The number of hydrogen-bond acceptors (Lipinski definition) is 4. The zero-order valence-electron chi connectivity index (χ0n) is 12.5. The van der Waals surface area contributed by atoms with E-state index >= 15 is 0 Å². The van der Waals surface area contributed by atoms with E-state index in [2.05, 4.69) is 10.3 Å². The fraction of sp³-hybridized carbons (Fsp3) is 0.333. The molecule has 0 unspecified atom stereocenters. The van der Waals surface area contributed by atoms with Crippen molar-refractivity contribution < 1.29 is 19.5 Å². The number of carboxylic acid groups (broad SMARTS) is 1. The third kappa shape index (κ3) is 4.52. The Hall–Kier alpha value is -2.50. The van der Waals surface area contributed by atoms with Gasteiger partial charge >= 0.3 is 5.97 Å². The van der Waals surface area contributed by atoms with Gasteiger partial charge in [-0.25, -0.2) is 4.79 Å². The van der Waals surface area contributed by atoms with Crippen LogP contribution < -0.4 is 5.32 Å². The molecule has 0 atom stereocenters. The van der Waals surface area contributed by atoms with Crippen molar-refractivity contribution in [1.82, 2.24) is 0 Å². The highest BCUT2D eigenvalue weighted by molar-refractivity contribution is 6.63. The summed E-state index contributed by atoms with van der Waals surface area (Å²) in [5, 5.41) is 11.5. The van der Waals surface area contributed by atoms with Crippen LogP contribution in [0.4, 0.5) is 5.69 Å². The molecule has 0 saturated carbocycles. The Morgan fingerprint density at radius 2 is 1.67 bits per heavy atom. The van der Waals surface area contributed by atoms with Crippen LogP contribution in [0, 0.1) is 20.8 Å². The summed E-state index contributed by atoms with van der Waals surface area (Å²) in [5.74, 6) is -2.58. The number of carboxylic acids is 1. The van der Waals surface area contributed by atoms with Crippen molar-refractivity contribution in [2.75, 3.05) is 11.9 Å². The fourth-order valence-electron chi connectivity index (χ4n) is 2.04. The molecule has 0 aliphatic carbocycles. The quantitative estimate of drug-likeness (QED) is 0.637. The molecule has 0 aromatic heterocycles. The van der Waals surface area contributed by atoms with Crippen molar-refractivity contribution in [3.63, 3.8) is 0 Å². The van der Waals surface area contributed by atoms with Crippen molar-refractivity contribution in [3.8, 4) is 0 Å². The van der Waals surface area contributed by atoms with Crippen LogP contribution in [0.2, 0.25) is 0 Å². The molecular weight excluding hydrogens is 272 g/mol. The molecule has 0 spiro atoms. The van der Waals surface area contributed by atoms with Crippen molar-refractivity contribution in [2.24, 2.45) is 4.99 Å². The molecule has 0 heterocycles. The molecule has 0 saturated heterocycles. The van der Waals surface area contributed by atoms with Gasteiger partial charge in [-0.3, -0.25) is 14.6 Å². The molecule has 6 nitrogen and oxygen atoms in total. The fourth-order valence-corrected chi connectivity index (χ4v) is 2.04. The number of anilines is 1. The van der Waals surface area contributed by atoms with Gasteiger partial charge in [0.15, 0.2) is 11.5 Å². The first-order chi connectivity index (χ1) is 9.72. The SMILES string of the molecule is CC(=O)C(=NCC(=O)Nc1c(C)cc(C)cc1C)C(=O)O. The van der Waals surface area contributed by atoms with Crippen molar-refractivity contribution >= 4 is 29.1 Å². The number of aliphatic imine (C=N–C) groups is 1. The largest absolute Gasteiger partial charge is 0.476 e. The maximum absolute atomic E-state index is 11.8. The Balaban J connectivity index is 2.86. The predicted molar refractivity (Wildman–Crippen MR) is 79.9 cm³/mol. The average molecular weight is 290 g/mol. The monoisotopic (exact) mass is 290 g/mol. The van der Waals surface area contributed by atoms with E-state index in [1.54, 1.807) is 0 Å². The number of carbonyl (C=O) groups excluding carboxylic acids is 2. The summed E-state index contributed by atoms with van der Waals surface area (Å²) < 4.78 is 0. The number of nitrogens with zero attached hydrogens (tertiary/aromatic N) is 1. The van der Waals surface area contributed by atoms with E-state index in [1.165, 1.54) is 0 Å². The number of rotatable bonds is 5. The van der Waals surface area contributed by atoms with Crippen molar-refractivity contribution in [3.05, 3.63) is 28.8 Å². The molecule has 0 fully saturated rings. The van der Waals surface area contributed by atoms with Crippen LogP contribution in [0.3, 0.4) is 0 Å². The smallest absolute Gasteiger partial charge is 0.357 e. The van der Waals surface area contributed by atoms with E-state index in [0.29, 0.717) is 5.69 Å². The second-order valence-electron chi connectivity index (χ2n) is 4.85. The van der Waals surface area contributed by atoms with E-state index < -0.39 is 29.9 Å². The lowest BCUT2D eigenvalue weighted by molar-refractivity contribution is -0.130. The van der Waals surface area contributed by atoms with Crippen LogP contribution in [0.1, 0.15) is 23.6 Å². The molecule has 6 heteroatoms. The molecule has 1 aromatic carbocycles. The van der Waals surface area contributed by atoms with Crippen LogP contribution in [-0.2, 0) is 14.4 Å². The van der Waals surface area contributed by atoms with E-state index in [4.69, 9.17) is 5.11 Å². The Kier molecular flexibility index (Phi) is 5.35. The van der Waals surface area contributed by atoms with E-state index in [-0.39, 0.29) is 0 Å². The second kappa shape index (κ2) is 6.78. The number of ketones is 1. The Bertz CT molecular complexity index is 594. The molecule has 1 aromatic rings. The van der Waals surface area contributed by atoms with Gasteiger partial charge in [-0.15, -0.1) is 0 Å². The number of carbonyl (C=O) groups is 3. The summed E-state index contributed by atoms with van der Waals surface area (Å²) in [6, 6.07) is 3.87. The molecule has 0 aliphatic rings. The zero-order valence-corrected chi connectivity index (χ0v) is 12.5. The molecule has 112 valence electrons. The summed E-state index contributed by atoms with van der Waals surface area (Å²) in [7, 11) is 0. The molecule has 1 amide bonds. The highest BCUT2D eigenvalue weighted by atomic mass is 16.4. The maximum Gasteiger partial charge on any atom is 0.357 e. The molecule has 21 heavy (non-hydrogen) atoms. The molecular formula is C15H18N2O4. The highest BCUT2D eigenvalue weighted by Gasteiger charge is 2.15. The minimum Gasteiger partial charge on any atom is -0.476 e. The van der Waals surface area contributed by atoms with Crippen LogP contribution in [0.25, 0.3) is 0 Å². The number of Topliss-reactive ketones (excluding diaryl/α,β-unsaturated/α-hetero) is 1. The lowest BCUT2D eigenvalue weighted by Crippen LogP contribution is -2.24. The minimum absolute atomic E-state index is 0.409. The standard InChI is InChI=1S/C15H18N2O4/c1-8-5-9(2)13(10(3)6-8)17-12(19)7-16-14(11(4)18)15(20)21/h5-6H,7H2,1-4H3,(H,17,19)(H,20,21). The summed E-state index contributed by atoms with van der Waals surface area (Å²) in [5.41, 5.74) is 2.97. The number of nitrogens with one attached hydrogen (secondary N) is 1. The van der Waals surface area contributed by atoms with Crippen molar-refractivity contribution in [2.45, 2.75) is 27.7 Å². The van der Waals surface area contributed by atoms with Crippen LogP contribution in [-0.4, -0.2) is 35.0 Å². The predicted octanol–water partition coefficient (Wildman–Crippen LogP) is 1.66. The Labute approximate surface area is 122 Å². The number of aliphatic carboxylic acids is 1. The number of benzene rings is 1. The molecule has 2 N–H and O–H groups in total. The van der Waals surface area contributed by atoms with Gasteiger partial charge in [0.2, 0.25) is 5.91 Å². The molecule has 0 bridgehead atoms. The first-order valence-electron chi connectivity index (χ1n) is 6.38. The van der Waals surface area contributed by atoms with Gasteiger partial charge in [-0.2, -0.15) is 0 Å². The summed E-state index contributed by atoms with van der Waals surface area (Å²) in [6.07, 6.45) is 0. The molecule has 0 aliphatic heterocycles. The van der Waals surface area contributed by atoms with E-state index in [9.17, 15) is 14.4 Å². The summed E-state index contributed by atoms with van der Waals surface area (Å²) in [6.45, 7) is 6.39. The Morgan fingerprint density at radius 1 is 1.14 bits per heavy atom. The summed E-state index contributed by atoms with van der Waals surface area (Å²) in [4.78, 5) is 37.2. The molecule has 1 rings (SSSR count). The minimum atomic E-state index is -1.43. The summed E-state index contributed by atoms with van der Waals surface area (Å²) >= 11 is 0. The average Bonchev–Trinajstić information content (AvgIpc) is 2.33. The Morgan fingerprint density at radius 3 is 2.10 bits per heavy atom. The number of amides is 1. The first-order valence-corrected chi connectivity index (χ1v) is 6.38. The van der Waals surface area contributed by atoms with Gasteiger partial charge in [-0.1, -0.05) is 17.7 Å². The van der Waals surface area contributed by atoms with E-state index in [1.807, 2.05) is 32.9 Å². The van der Waals surface area contributed by atoms with Gasteiger partial charge in [0.05, 0.1) is 0 Å². The lowest BCUT2D eigenvalue weighted by Gasteiger charge is -2.12.